The lowest BCUT2D eigenvalue weighted by Gasteiger charge is -2.10. The molecule has 2 aromatic carbocycles. The fourth-order valence-electron chi connectivity index (χ4n) is 3.84. The number of esters is 1. The molecular weight excluding hydrogens is 388 g/mol. The Bertz CT molecular complexity index is 1400. The lowest BCUT2D eigenvalue weighted by molar-refractivity contribution is 0.0600. The summed E-state index contributed by atoms with van der Waals surface area (Å²) in [5, 5.41) is 4.72. The van der Waals surface area contributed by atoms with Gasteiger partial charge in [-0.15, -0.1) is 0 Å². The molecule has 0 spiro atoms. The highest BCUT2D eigenvalue weighted by Gasteiger charge is 2.17. The van der Waals surface area contributed by atoms with Gasteiger partial charge in [0.15, 0.2) is 0 Å². The van der Waals surface area contributed by atoms with Gasteiger partial charge >= 0.3 is 5.97 Å². The van der Waals surface area contributed by atoms with Crippen molar-refractivity contribution in [3.63, 3.8) is 0 Å². The number of nitrogens with zero attached hydrogens (tertiary/aromatic N) is 3. The van der Waals surface area contributed by atoms with Gasteiger partial charge in [0.25, 0.3) is 0 Å². The predicted molar refractivity (Wildman–Crippen MR) is 122 cm³/mol. The van der Waals surface area contributed by atoms with Crippen LogP contribution < -0.4 is 5.32 Å². The third kappa shape index (κ3) is 3.42. The number of ether oxygens (including phenoxy) is 1. The molecule has 5 rings (SSSR count). The average Bonchev–Trinajstić information content (AvgIpc) is 3.37. The Morgan fingerprint density at radius 2 is 1.90 bits per heavy atom. The molecule has 0 bridgehead atoms. The van der Waals surface area contributed by atoms with Crippen LogP contribution in [0.4, 0.5) is 5.82 Å². The molecule has 0 atom stereocenters. The van der Waals surface area contributed by atoms with Crippen molar-refractivity contribution in [3.05, 3.63) is 90.3 Å². The number of imidazole rings is 1. The van der Waals surface area contributed by atoms with Gasteiger partial charge < -0.3 is 14.6 Å². The van der Waals surface area contributed by atoms with Gasteiger partial charge in [-0.05, 0) is 35.2 Å². The number of rotatable bonds is 5. The predicted octanol–water partition coefficient (Wildman–Crippen LogP) is 4.89. The first-order chi connectivity index (χ1) is 15.1. The Morgan fingerprint density at radius 1 is 1.06 bits per heavy atom. The van der Waals surface area contributed by atoms with E-state index in [-0.39, 0.29) is 5.97 Å². The molecular formula is C25H22N4O2. The van der Waals surface area contributed by atoms with Crippen LogP contribution in [0.2, 0.25) is 0 Å². The fraction of sp³-hybridized carbons (Fsp3) is 0.120. The largest absolute Gasteiger partial charge is 0.465 e. The topological polar surface area (TPSA) is 60.6 Å². The van der Waals surface area contributed by atoms with Crippen molar-refractivity contribution in [1.29, 1.82) is 0 Å². The second-order valence-corrected chi connectivity index (χ2v) is 7.49. The molecule has 3 aromatic heterocycles. The number of fused-ring (bicyclic) bond motifs is 2. The number of anilines is 1. The fourth-order valence-corrected chi connectivity index (χ4v) is 3.84. The van der Waals surface area contributed by atoms with E-state index in [4.69, 9.17) is 9.72 Å². The molecule has 154 valence electrons. The highest BCUT2D eigenvalue weighted by Crippen LogP contribution is 2.32. The standard InChI is InChI=1S/C25H22N4O2/c1-28-13-12-18-8-9-19(14-21(18)28)23-24(26-15-17-6-4-3-5-7-17)29-16-20(25(30)31-2)10-11-22(29)27-23/h3-14,16,26H,15H2,1-2H3. The number of benzene rings is 2. The number of methoxy groups -OCH3 is 1. The number of hydrogen-bond acceptors (Lipinski definition) is 4. The van der Waals surface area contributed by atoms with Gasteiger partial charge in [-0.3, -0.25) is 4.40 Å². The van der Waals surface area contributed by atoms with Crippen molar-refractivity contribution in [2.45, 2.75) is 6.54 Å². The molecule has 6 nitrogen and oxygen atoms in total. The Morgan fingerprint density at radius 3 is 2.71 bits per heavy atom. The van der Waals surface area contributed by atoms with Gasteiger partial charge in [0.1, 0.15) is 17.2 Å². The van der Waals surface area contributed by atoms with Gasteiger partial charge in [0.05, 0.1) is 12.7 Å². The van der Waals surface area contributed by atoms with Gasteiger partial charge in [-0.25, -0.2) is 9.78 Å². The Balaban J connectivity index is 1.66. The molecule has 0 unspecified atom stereocenters. The smallest absolute Gasteiger partial charge is 0.339 e. The number of carbonyl (C=O) groups excluding carboxylic acids is 1. The molecule has 0 radical (unpaired) electrons. The van der Waals surface area contributed by atoms with E-state index in [2.05, 4.69) is 52.5 Å². The van der Waals surface area contributed by atoms with Crippen LogP contribution in [0.5, 0.6) is 0 Å². The summed E-state index contributed by atoms with van der Waals surface area (Å²) >= 11 is 0. The maximum Gasteiger partial charge on any atom is 0.339 e. The van der Waals surface area contributed by atoms with Gasteiger partial charge in [0.2, 0.25) is 0 Å². The lowest BCUT2D eigenvalue weighted by Crippen LogP contribution is -2.06. The molecule has 0 fully saturated rings. The Kier molecular flexibility index (Phi) is 4.67. The molecule has 0 saturated carbocycles. The lowest BCUT2D eigenvalue weighted by atomic mass is 10.1. The molecule has 0 amide bonds. The number of pyridine rings is 1. The molecule has 0 aliphatic rings. The summed E-state index contributed by atoms with van der Waals surface area (Å²) < 4.78 is 8.92. The van der Waals surface area contributed by atoms with Crippen LogP contribution >= 0.6 is 0 Å². The van der Waals surface area contributed by atoms with Gasteiger partial charge in [-0.1, -0.05) is 42.5 Å². The van der Waals surface area contributed by atoms with E-state index in [1.165, 1.54) is 12.5 Å². The van der Waals surface area contributed by atoms with E-state index < -0.39 is 0 Å². The van der Waals surface area contributed by atoms with Gasteiger partial charge in [0, 0.05) is 37.1 Å². The molecule has 0 aliphatic heterocycles. The minimum atomic E-state index is -0.378. The van der Waals surface area contributed by atoms with Gasteiger partial charge in [-0.2, -0.15) is 0 Å². The molecule has 0 aliphatic carbocycles. The SMILES string of the molecule is COC(=O)c1ccc2nc(-c3ccc4ccn(C)c4c3)c(NCc3ccccc3)n2c1. The molecule has 31 heavy (non-hydrogen) atoms. The Labute approximate surface area is 179 Å². The van der Waals surface area contributed by atoms with E-state index in [9.17, 15) is 4.79 Å². The Hall–Kier alpha value is -4.06. The summed E-state index contributed by atoms with van der Waals surface area (Å²) in [6.45, 7) is 0.635. The van der Waals surface area contributed by atoms with Crippen molar-refractivity contribution in [2.75, 3.05) is 12.4 Å². The summed E-state index contributed by atoms with van der Waals surface area (Å²) in [5.41, 5.74) is 5.36. The first-order valence-electron chi connectivity index (χ1n) is 10.1. The van der Waals surface area contributed by atoms with E-state index in [1.807, 2.05) is 35.7 Å². The number of hydrogen-bond donors (Lipinski definition) is 1. The second-order valence-electron chi connectivity index (χ2n) is 7.49. The van der Waals surface area contributed by atoms with Crippen LogP contribution in [0.15, 0.2) is 79.1 Å². The number of aryl methyl sites for hydroxylation is 1. The maximum absolute atomic E-state index is 12.1. The van der Waals surface area contributed by atoms with Crippen molar-refractivity contribution in [1.82, 2.24) is 14.0 Å². The highest BCUT2D eigenvalue weighted by molar-refractivity contribution is 5.91. The van der Waals surface area contributed by atoms with E-state index in [1.54, 1.807) is 12.3 Å². The minimum absolute atomic E-state index is 0.378. The molecule has 5 aromatic rings. The van der Waals surface area contributed by atoms with E-state index in [0.717, 1.165) is 33.8 Å². The summed E-state index contributed by atoms with van der Waals surface area (Å²) in [5.74, 6) is 0.453. The van der Waals surface area contributed by atoms with Crippen molar-refractivity contribution in [3.8, 4) is 11.3 Å². The highest BCUT2D eigenvalue weighted by atomic mass is 16.5. The van der Waals surface area contributed by atoms with Crippen LogP contribution in [0, 0.1) is 0 Å². The van der Waals surface area contributed by atoms with Crippen molar-refractivity contribution < 1.29 is 9.53 Å². The number of nitrogens with one attached hydrogen (secondary N) is 1. The first kappa shape index (κ1) is 18.9. The van der Waals surface area contributed by atoms with Crippen LogP contribution in [0.1, 0.15) is 15.9 Å². The second kappa shape index (κ2) is 7.65. The van der Waals surface area contributed by atoms with Crippen LogP contribution in [0.25, 0.3) is 27.8 Å². The zero-order valence-electron chi connectivity index (χ0n) is 17.4. The summed E-state index contributed by atoms with van der Waals surface area (Å²) in [6, 6.07) is 22.2. The monoisotopic (exact) mass is 410 g/mol. The average molecular weight is 410 g/mol. The van der Waals surface area contributed by atoms with E-state index >= 15 is 0 Å². The molecule has 3 heterocycles. The quantitative estimate of drug-likeness (QED) is 0.419. The molecule has 6 heteroatoms. The molecule has 0 saturated heterocycles. The number of aromatic nitrogens is 3. The molecule has 1 N–H and O–H groups in total. The normalized spacial score (nSPS) is 11.2. The number of carbonyl (C=O) groups is 1. The van der Waals surface area contributed by atoms with Crippen LogP contribution in [0.3, 0.4) is 0 Å². The third-order valence-electron chi connectivity index (χ3n) is 5.50. The van der Waals surface area contributed by atoms with Crippen molar-refractivity contribution in [2.24, 2.45) is 7.05 Å². The maximum atomic E-state index is 12.1. The minimum Gasteiger partial charge on any atom is -0.465 e. The van der Waals surface area contributed by atoms with Crippen molar-refractivity contribution >= 4 is 28.3 Å². The third-order valence-corrected chi connectivity index (χ3v) is 5.50. The van der Waals surface area contributed by atoms with E-state index in [0.29, 0.717) is 12.1 Å². The zero-order chi connectivity index (χ0) is 21.4. The summed E-state index contributed by atoms with van der Waals surface area (Å²) in [6.07, 6.45) is 3.82. The summed E-state index contributed by atoms with van der Waals surface area (Å²) in [7, 11) is 3.42. The first-order valence-corrected chi connectivity index (χ1v) is 10.1. The summed E-state index contributed by atoms with van der Waals surface area (Å²) in [4.78, 5) is 17.0. The zero-order valence-corrected chi connectivity index (χ0v) is 17.4. The van der Waals surface area contributed by atoms with Crippen LogP contribution in [-0.4, -0.2) is 27.0 Å². The van der Waals surface area contributed by atoms with Crippen LogP contribution in [-0.2, 0) is 18.3 Å².